The van der Waals surface area contributed by atoms with Crippen LogP contribution in [0.25, 0.3) is 5.73 Å². The first kappa shape index (κ1) is 11.9. The number of hydrogen-bond donors (Lipinski definition) is 2. The van der Waals surface area contributed by atoms with Gasteiger partial charge in [-0.05, 0) is 6.92 Å². The average Bonchev–Trinajstić information content (AvgIpc) is 1.64. The van der Waals surface area contributed by atoms with Crippen molar-refractivity contribution in [2.75, 3.05) is 0 Å². The van der Waals surface area contributed by atoms with Crippen molar-refractivity contribution in [3.63, 3.8) is 0 Å². The van der Waals surface area contributed by atoms with Crippen LogP contribution in [0.4, 0.5) is 0 Å². The molecule has 0 aliphatic carbocycles. The normalized spacial score (nSPS) is 15.4. The molecule has 0 fully saturated rings. The Morgan fingerprint density at radius 1 is 1.89 bits per heavy atom. The molecule has 0 radical (unpaired) electrons. The minimum atomic E-state index is -1.32. The third kappa shape index (κ3) is 4.65. The molecule has 0 aliphatic rings. The molecular weight excluding hydrogens is 132 g/mol. The molecule has 9 heavy (non-hydrogen) atoms. The quantitative estimate of drug-likeness (QED) is 0.485. The van der Waals surface area contributed by atoms with Gasteiger partial charge in [-0.3, -0.25) is 0 Å². The van der Waals surface area contributed by atoms with Crippen LogP contribution in [-0.2, 0) is 4.79 Å². The van der Waals surface area contributed by atoms with E-state index in [1.165, 1.54) is 6.92 Å². The van der Waals surface area contributed by atoms with E-state index in [-0.39, 0.29) is 24.5 Å². The maximum absolute atomic E-state index is 9.92. The molecule has 1 amide bonds. The minimum Gasteiger partial charge on any atom is -1.00 e. The maximum atomic E-state index is 9.92. The Morgan fingerprint density at radius 2 is 2.22 bits per heavy atom. The third-order valence-corrected chi connectivity index (χ3v) is 0.767. The van der Waals surface area contributed by atoms with Gasteiger partial charge in [0.05, 0.1) is 5.91 Å². The van der Waals surface area contributed by atoms with Gasteiger partial charge in [-0.1, -0.05) is 0 Å². The summed E-state index contributed by atoms with van der Waals surface area (Å²) in [5.41, 5.74) is 11.4. The van der Waals surface area contributed by atoms with E-state index < -0.39 is 18.1 Å². The second-order valence-corrected chi connectivity index (χ2v) is 1.67. The van der Waals surface area contributed by atoms with Crippen LogP contribution in [0.3, 0.4) is 0 Å². The van der Waals surface area contributed by atoms with Crippen LogP contribution >= 0.6 is 0 Å². The molecule has 0 saturated heterocycles. The van der Waals surface area contributed by atoms with Gasteiger partial charge in [-0.2, -0.15) is 0 Å². The van der Waals surface area contributed by atoms with E-state index in [2.05, 4.69) is 0 Å². The number of carbonyl (C=O) groups is 1. The van der Waals surface area contributed by atoms with Crippen molar-refractivity contribution in [3.05, 3.63) is 5.73 Å². The number of rotatable bonds is 2. The van der Waals surface area contributed by atoms with Gasteiger partial charge in [0.15, 0.2) is 0 Å². The Labute approximate surface area is 71.2 Å². The third-order valence-electron chi connectivity index (χ3n) is 0.767. The van der Waals surface area contributed by atoms with E-state index in [4.69, 9.17) is 16.6 Å². The van der Waals surface area contributed by atoms with Crippen LogP contribution in [0, 0.1) is 0 Å². The topological polar surface area (TPSA) is 87.1 Å². The van der Waals surface area contributed by atoms with Crippen molar-refractivity contribution in [2.45, 2.75) is 19.1 Å². The Kier molecular flexibility index (Phi) is 6.58. The first-order chi connectivity index (χ1) is 3.55. The molecular formula is C4H10MgN2O2. The Hall–Kier alpha value is 0.156. The molecule has 4 nitrogen and oxygen atoms in total. The molecule has 5 heteroatoms. The molecule has 4 N–H and O–H groups in total. The van der Waals surface area contributed by atoms with Gasteiger partial charge in [-0.15, -0.1) is 0 Å². The fraction of sp³-hybridized carbons (Fsp3) is 0.750. The second kappa shape index (κ2) is 4.98. The van der Waals surface area contributed by atoms with E-state index in [1.807, 2.05) is 0 Å². The van der Waals surface area contributed by atoms with Gasteiger partial charge < -0.3 is 22.8 Å². The molecule has 0 bridgehead atoms. The van der Waals surface area contributed by atoms with Crippen molar-refractivity contribution in [1.82, 2.24) is 0 Å². The number of nitrogens with two attached hydrogens (primary N) is 1. The zero-order chi connectivity index (χ0) is 6.73. The monoisotopic (exact) mass is 142 g/mol. The smallest absolute Gasteiger partial charge is 1.00 e. The standard InChI is InChI=1S/C4H10N2O2.Mg.H/c1-2(5)3(7)4(6)8;;/h2-3,7H,5H2,1H3,(H2,6,8);;/q;+2;-1/p-1. The second-order valence-electron chi connectivity index (χ2n) is 1.67. The van der Waals surface area contributed by atoms with Crippen LogP contribution in [0.1, 0.15) is 8.35 Å². The molecule has 0 aromatic heterocycles. The number of nitrogens with one attached hydrogen (secondary N) is 1. The SMILES string of the molecule is CC(N)C(O)C([NH-])=O.[H-].[Mg+2]. The van der Waals surface area contributed by atoms with E-state index >= 15 is 0 Å². The Bertz CT molecular complexity index is 101. The Balaban J connectivity index is -0.000000245. The number of amides is 1. The molecule has 0 saturated carbocycles. The van der Waals surface area contributed by atoms with Gasteiger partial charge in [-0.25, -0.2) is 0 Å². The zero-order valence-electron chi connectivity index (χ0n) is 6.29. The van der Waals surface area contributed by atoms with E-state index in [9.17, 15) is 4.79 Å². The van der Waals surface area contributed by atoms with Gasteiger partial charge in [0.25, 0.3) is 0 Å². The summed E-state index contributed by atoms with van der Waals surface area (Å²) >= 11 is 0. The molecule has 50 valence electrons. The molecule has 0 spiro atoms. The first-order valence-corrected chi connectivity index (χ1v) is 2.25. The summed E-state index contributed by atoms with van der Waals surface area (Å²) in [5.74, 6) is -1.03. The number of hydrogen-bond acceptors (Lipinski definition) is 3. The predicted octanol–water partition coefficient (Wildman–Crippen LogP) is -0.995. The summed E-state index contributed by atoms with van der Waals surface area (Å²) in [6, 6.07) is -0.639. The van der Waals surface area contributed by atoms with E-state index in [0.717, 1.165) is 0 Å². The van der Waals surface area contributed by atoms with Crippen LogP contribution < -0.4 is 5.73 Å². The molecule has 2 atom stereocenters. The summed E-state index contributed by atoms with van der Waals surface area (Å²) in [6.45, 7) is 1.47. The van der Waals surface area contributed by atoms with Crippen molar-refractivity contribution in [2.24, 2.45) is 5.73 Å². The molecule has 0 aliphatic heterocycles. The molecule has 0 rings (SSSR count). The van der Waals surface area contributed by atoms with E-state index in [0.29, 0.717) is 0 Å². The van der Waals surface area contributed by atoms with Crippen LogP contribution in [0.5, 0.6) is 0 Å². The average molecular weight is 142 g/mol. The number of carbonyl (C=O) groups excluding carboxylic acids is 1. The fourth-order valence-electron chi connectivity index (χ4n) is 0.239. The zero-order valence-corrected chi connectivity index (χ0v) is 6.71. The molecule has 2 unspecified atom stereocenters. The number of aliphatic hydroxyl groups is 1. The van der Waals surface area contributed by atoms with Gasteiger partial charge in [0.1, 0.15) is 6.10 Å². The maximum Gasteiger partial charge on any atom is 2.00 e. The summed E-state index contributed by atoms with van der Waals surface area (Å²) in [5, 5.41) is 8.54. The van der Waals surface area contributed by atoms with Crippen molar-refractivity contribution < 1.29 is 11.3 Å². The number of aliphatic hydroxyl groups excluding tert-OH is 1. The fourth-order valence-corrected chi connectivity index (χ4v) is 0.239. The van der Waals surface area contributed by atoms with Crippen LogP contribution in [0.15, 0.2) is 0 Å². The minimum absolute atomic E-state index is 0. The van der Waals surface area contributed by atoms with Gasteiger partial charge in [0, 0.05) is 6.04 Å². The summed E-state index contributed by atoms with van der Waals surface area (Å²) in [6.07, 6.45) is -1.32. The first-order valence-electron chi connectivity index (χ1n) is 2.25. The van der Waals surface area contributed by atoms with Gasteiger partial charge >= 0.3 is 23.1 Å². The summed E-state index contributed by atoms with van der Waals surface area (Å²) in [4.78, 5) is 9.92. The van der Waals surface area contributed by atoms with Crippen LogP contribution in [0.2, 0.25) is 0 Å². The van der Waals surface area contributed by atoms with Gasteiger partial charge in [0.2, 0.25) is 0 Å². The largest absolute Gasteiger partial charge is 2.00 e. The van der Waals surface area contributed by atoms with E-state index in [1.54, 1.807) is 0 Å². The molecule has 0 aromatic carbocycles. The van der Waals surface area contributed by atoms with Crippen LogP contribution in [-0.4, -0.2) is 46.2 Å². The summed E-state index contributed by atoms with van der Waals surface area (Å²) in [7, 11) is 0. The molecule has 0 heterocycles. The van der Waals surface area contributed by atoms with Crippen molar-refractivity contribution in [3.8, 4) is 0 Å². The van der Waals surface area contributed by atoms with Crippen molar-refractivity contribution in [1.29, 1.82) is 0 Å². The molecule has 0 aromatic rings. The summed E-state index contributed by atoms with van der Waals surface area (Å²) < 4.78 is 0. The predicted molar refractivity (Wildman–Crippen MR) is 35.9 cm³/mol. The van der Waals surface area contributed by atoms with Crippen molar-refractivity contribution >= 4 is 29.0 Å². The Morgan fingerprint density at radius 3 is 2.22 bits per heavy atom.